The van der Waals surface area contributed by atoms with Gasteiger partial charge in [0.2, 0.25) is 0 Å². The van der Waals surface area contributed by atoms with E-state index < -0.39 is 0 Å². The lowest BCUT2D eigenvalue weighted by atomic mass is 10.1. The molecule has 37 heavy (non-hydrogen) atoms. The zero-order valence-corrected chi connectivity index (χ0v) is 21.6. The maximum Gasteiger partial charge on any atom is 0.165 e. The highest BCUT2D eigenvalue weighted by molar-refractivity contribution is 5.85. The van der Waals surface area contributed by atoms with Crippen LogP contribution in [0.25, 0.3) is 33.8 Å². The fraction of sp³-hybridized carbons (Fsp3) is 0.300. The van der Waals surface area contributed by atoms with Gasteiger partial charge in [0.05, 0.1) is 11.3 Å². The molecule has 4 aromatic rings. The van der Waals surface area contributed by atoms with Crippen molar-refractivity contribution in [2.75, 3.05) is 18.8 Å². The summed E-state index contributed by atoms with van der Waals surface area (Å²) in [5, 5.41) is 0. The number of allylic oxidation sites excluding steroid dienone is 4. The number of hydrogen-bond donors (Lipinski definition) is 2. The molecule has 1 atom stereocenters. The van der Waals surface area contributed by atoms with Crippen LogP contribution >= 0.6 is 0 Å². The van der Waals surface area contributed by atoms with Crippen LogP contribution in [0.5, 0.6) is 0 Å². The van der Waals surface area contributed by atoms with Gasteiger partial charge in [-0.3, -0.25) is 9.47 Å². The van der Waals surface area contributed by atoms with Gasteiger partial charge in [0.25, 0.3) is 0 Å². The van der Waals surface area contributed by atoms with E-state index in [1.165, 1.54) is 18.4 Å². The Labute approximate surface area is 218 Å². The number of aromatic nitrogens is 4. The number of imidazole rings is 1. The highest BCUT2D eigenvalue weighted by Gasteiger charge is 2.19. The summed E-state index contributed by atoms with van der Waals surface area (Å²) in [5.74, 6) is 1.17. The summed E-state index contributed by atoms with van der Waals surface area (Å²) in [6.45, 7) is 6.98. The third-order valence-corrected chi connectivity index (χ3v) is 6.93. The van der Waals surface area contributed by atoms with Crippen molar-refractivity contribution in [2.45, 2.75) is 45.7 Å². The molecule has 1 aliphatic heterocycles. The molecule has 1 saturated heterocycles. The van der Waals surface area contributed by atoms with Gasteiger partial charge in [-0.25, -0.2) is 15.0 Å². The van der Waals surface area contributed by atoms with Gasteiger partial charge in [-0.1, -0.05) is 36.8 Å². The van der Waals surface area contributed by atoms with Gasteiger partial charge < -0.3 is 11.5 Å². The Morgan fingerprint density at radius 3 is 2.65 bits per heavy atom. The van der Waals surface area contributed by atoms with Crippen LogP contribution in [0.3, 0.4) is 0 Å². The summed E-state index contributed by atoms with van der Waals surface area (Å²) in [7, 11) is 0. The van der Waals surface area contributed by atoms with E-state index in [4.69, 9.17) is 21.4 Å². The quantitative estimate of drug-likeness (QED) is 0.351. The average molecular weight is 494 g/mol. The molecule has 4 N–H and O–H groups in total. The SMILES string of the molecule is C/C=C\C(=C/C)c1ccc2nc(-c3cccnc3N)n(-c3ccc(CN4CCCCC(N)C4)cc3)c2n1. The maximum absolute atomic E-state index is 6.29. The first kappa shape index (κ1) is 24.9. The second-order valence-electron chi connectivity index (χ2n) is 9.65. The van der Waals surface area contributed by atoms with E-state index in [9.17, 15) is 0 Å². The summed E-state index contributed by atoms with van der Waals surface area (Å²) in [4.78, 5) is 16.8. The first-order chi connectivity index (χ1) is 18.1. The summed E-state index contributed by atoms with van der Waals surface area (Å²) >= 11 is 0. The number of nitrogen functional groups attached to an aromatic ring is 1. The van der Waals surface area contributed by atoms with E-state index in [1.54, 1.807) is 6.20 Å². The molecule has 4 heterocycles. The summed E-state index contributed by atoms with van der Waals surface area (Å²) in [5.41, 5.74) is 19.2. The minimum Gasteiger partial charge on any atom is -0.383 e. The molecule has 0 amide bonds. The van der Waals surface area contributed by atoms with Crippen LogP contribution in [-0.4, -0.2) is 43.6 Å². The largest absolute Gasteiger partial charge is 0.383 e. The van der Waals surface area contributed by atoms with Gasteiger partial charge >= 0.3 is 0 Å². The lowest BCUT2D eigenvalue weighted by Crippen LogP contribution is -2.35. The number of nitrogens with zero attached hydrogens (tertiary/aromatic N) is 5. The minimum absolute atomic E-state index is 0.261. The Morgan fingerprint density at radius 2 is 1.89 bits per heavy atom. The molecule has 0 aliphatic carbocycles. The van der Waals surface area contributed by atoms with Crippen LogP contribution in [0, 0.1) is 0 Å². The molecule has 0 radical (unpaired) electrons. The average Bonchev–Trinajstić information content (AvgIpc) is 3.16. The lowest BCUT2D eigenvalue weighted by Gasteiger charge is -2.22. The fourth-order valence-electron chi connectivity index (χ4n) is 5.07. The number of likely N-dealkylation sites (tertiary alicyclic amines) is 1. The van der Waals surface area contributed by atoms with E-state index >= 15 is 0 Å². The second kappa shape index (κ2) is 11.1. The molecule has 5 rings (SSSR count). The zero-order valence-electron chi connectivity index (χ0n) is 21.6. The van der Waals surface area contributed by atoms with Crippen LogP contribution in [0.4, 0.5) is 5.82 Å². The third kappa shape index (κ3) is 5.33. The van der Waals surface area contributed by atoms with Gasteiger partial charge in [0, 0.05) is 31.0 Å². The molecular weight excluding hydrogens is 458 g/mol. The van der Waals surface area contributed by atoms with Gasteiger partial charge in [0.1, 0.15) is 11.3 Å². The van der Waals surface area contributed by atoms with Gasteiger partial charge in [0.15, 0.2) is 11.5 Å². The van der Waals surface area contributed by atoms with Crippen molar-refractivity contribution in [1.82, 2.24) is 24.4 Å². The molecule has 1 aromatic carbocycles. The van der Waals surface area contributed by atoms with Crippen molar-refractivity contribution in [3.8, 4) is 17.1 Å². The standard InChI is InChI=1S/C30H35N7/c1-3-8-22(4-2)26-15-16-27-30(34-26)37(29(35-27)25-10-7-17-33-28(25)32)24-13-11-21(12-14-24)19-36-18-6-5-9-23(31)20-36/h3-4,7-8,10-17,23H,5-6,9,18-20,31H2,1-2H3,(H2,32,33)/b8-3-,22-4+. The Hall–Kier alpha value is -3.81. The molecule has 3 aromatic heterocycles. The predicted octanol–water partition coefficient (Wildman–Crippen LogP) is 5.36. The topological polar surface area (TPSA) is 98.9 Å². The molecule has 1 fully saturated rings. The fourth-order valence-corrected chi connectivity index (χ4v) is 5.07. The highest BCUT2D eigenvalue weighted by atomic mass is 15.1. The van der Waals surface area contributed by atoms with Gasteiger partial charge in [-0.05, 0) is 80.8 Å². The molecule has 0 spiro atoms. The first-order valence-electron chi connectivity index (χ1n) is 13.0. The lowest BCUT2D eigenvalue weighted by molar-refractivity contribution is 0.265. The van der Waals surface area contributed by atoms with Crippen LogP contribution < -0.4 is 11.5 Å². The number of benzene rings is 1. The normalized spacial score (nSPS) is 17.5. The Kier molecular flexibility index (Phi) is 7.44. The Bertz CT molecular complexity index is 1430. The minimum atomic E-state index is 0.261. The number of rotatable bonds is 6. The van der Waals surface area contributed by atoms with Crippen molar-refractivity contribution in [3.63, 3.8) is 0 Å². The van der Waals surface area contributed by atoms with Crippen LogP contribution in [0.15, 0.2) is 73.0 Å². The first-order valence-corrected chi connectivity index (χ1v) is 13.0. The van der Waals surface area contributed by atoms with Crippen LogP contribution in [0.2, 0.25) is 0 Å². The molecule has 7 heteroatoms. The molecular formula is C30H35N7. The van der Waals surface area contributed by atoms with Crippen molar-refractivity contribution in [1.29, 1.82) is 0 Å². The van der Waals surface area contributed by atoms with Gasteiger partial charge in [-0.2, -0.15) is 0 Å². The van der Waals surface area contributed by atoms with Crippen molar-refractivity contribution in [3.05, 3.63) is 84.2 Å². The molecule has 1 unspecified atom stereocenters. The zero-order chi connectivity index (χ0) is 25.8. The monoisotopic (exact) mass is 493 g/mol. The summed E-state index contributed by atoms with van der Waals surface area (Å²) in [6.07, 6.45) is 11.4. The van der Waals surface area contributed by atoms with Crippen LogP contribution in [0.1, 0.15) is 44.4 Å². The number of fused-ring (bicyclic) bond motifs is 1. The second-order valence-corrected chi connectivity index (χ2v) is 9.65. The third-order valence-electron chi connectivity index (χ3n) is 6.93. The van der Waals surface area contributed by atoms with Crippen molar-refractivity contribution >= 4 is 22.6 Å². The number of nitrogens with two attached hydrogens (primary N) is 2. The molecule has 1 aliphatic rings. The molecule has 0 saturated carbocycles. The Balaban J connectivity index is 1.58. The number of hydrogen-bond acceptors (Lipinski definition) is 6. The molecule has 190 valence electrons. The summed E-state index contributed by atoms with van der Waals surface area (Å²) < 4.78 is 2.08. The van der Waals surface area contributed by atoms with E-state index in [1.807, 2.05) is 44.2 Å². The van der Waals surface area contributed by atoms with Crippen LogP contribution in [-0.2, 0) is 6.54 Å². The van der Waals surface area contributed by atoms with Gasteiger partial charge in [-0.15, -0.1) is 0 Å². The Morgan fingerprint density at radius 1 is 1.05 bits per heavy atom. The van der Waals surface area contributed by atoms with E-state index in [0.29, 0.717) is 5.82 Å². The van der Waals surface area contributed by atoms with Crippen molar-refractivity contribution < 1.29 is 0 Å². The summed E-state index contributed by atoms with van der Waals surface area (Å²) in [6, 6.07) is 16.8. The van der Waals surface area contributed by atoms with Crippen molar-refractivity contribution in [2.24, 2.45) is 5.73 Å². The maximum atomic E-state index is 6.29. The highest BCUT2D eigenvalue weighted by Crippen LogP contribution is 2.31. The molecule has 0 bridgehead atoms. The molecule has 7 nitrogen and oxygen atoms in total. The number of pyridine rings is 2. The van der Waals surface area contributed by atoms with E-state index in [2.05, 4.69) is 50.9 Å². The van der Waals surface area contributed by atoms with E-state index in [-0.39, 0.29) is 6.04 Å². The smallest absolute Gasteiger partial charge is 0.165 e. The number of anilines is 1. The van der Waals surface area contributed by atoms with E-state index in [0.717, 1.165) is 65.6 Å². The predicted molar refractivity (Wildman–Crippen MR) is 152 cm³/mol.